The van der Waals surface area contributed by atoms with Crippen LogP contribution in [0, 0.1) is 6.92 Å². The number of ether oxygens (including phenoxy) is 1. The van der Waals surface area contributed by atoms with Crippen LogP contribution in [0.1, 0.15) is 11.1 Å². The van der Waals surface area contributed by atoms with Gasteiger partial charge in [0.1, 0.15) is 11.5 Å². The Morgan fingerprint density at radius 3 is 2.43 bits per heavy atom. The van der Waals surface area contributed by atoms with Gasteiger partial charge in [-0.25, -0.2) is 13.6 Å². The minimum atomic E-state index is -3.77. The summed E-state index contributed by atoms with van der Waals surface area (Å²) < 4.78 is 29.8. The molecule has 152 valence electrons. The second-order valence-electron chi connectivity index (χ2n) is 7.13. The molecule has 0 saturated carbocycles. The van der Waals surface area contributed by atoms with Crippen LogP contribution in [0.15, 0.2) is 46.2 Å². The highest BCUT2D eigenvalue weighted by atomic mass is 32.2. The summed E-state index contributed by atoms with van der Waals surface area (Å²) in [6.45, 7) is 6.50. The van der Waals surface area contributed by atoms with Crippen LogP contribution in [0.5, 0.6) is 11.5 Å². The van der Waals surface area contributed by atoms with Gasteiger partial charge in [0.15, 0.2) is 0 Å². The summed E-state index contributed by atoms with van der Waals surface area (Å²) in [5.74, 6) is 1.39. The van der Waals surface area contributed by atoms with E-state index in [0.29, 0.717) is 12.3 Å². The van der Waals surface area contributed by atoms with E-state index < -0.39 is 10.0 Å². The summed E-state index contributed by atoms with van der Waals surface area (Å²) in [7, 11) is -1.66. The van der Waals surface area contributed by atoms with Gasteiger partial charge in [-0.1, -0.05) is 0 Å². The monoisotopic (exact) mass is 421 g/mol. The maximum Gasteiger partial charge on any atom is 0.238 e. The molecule has 0 aromatic heterocycles. The van der Waals surface area contributed by atoms with Gasteiger partial charge < -0.3 is 9.64 Å². The van der Waals surface area contributed by atoms with Gasteiger partial charge in [-0.15, -0.1) is 11.8 Å². The first-order chi connectivity index (χ1) is 13.3. The summed E-state index contributed by atoms with van der Waals surface area (Å²) in [6.07, 6.45) is 2.04. The summed E-state index contributed by atoms with van der Waals surface area (Å²) in [5.41, 5.74) is 1.97. The first-order valence-corrected chi connectivity index (χ1v) is 11.9. The molecule has 1 heterocycles. The zero-order valence-electron chi connectivity index (χ0n) is 16.5. The predicted octanol–water partition coefficient (Wildman–Crippen LogP) is 2.90. The van der Waals surface area contributed by atoms with Crippen LogP contribution in [0.4, 0.5) is 0 Å². The van der Waals surface area contributed by atoms with Crippen LogP contribution in [-0.2, 0) is 16.6 Å². The van der Waals surface area contributed by atoms with Gasteiger partial charge in [0.2, 0.25) is 10.0 Å². The largest absolute Gasteiger partial charge is 0.457 e. The van der Waals surface area contributed by atoms with E-state index in [-0.39, 0.29) is 4.90 Å². The molecule has 0 aliphatic carbocycles. The Balaban J connectivity index is 1.89. The van der Waals surface area contributed by atoms with Crippen molar-refractivity contribution in [2.45, 2.75) is 23.3 Å². The topological polar surface area (TPSA) is 75.9 Å². The summed E-state index contributed by atoms with van der Waals surface area (Å²) in [5, 5.41) is 5.34. The fraction of sp³-hybridized carbons (Fsp3) is 0.400. The first kappa shape index (κ1) is 21.1. The van der Waals surface area contributed by atoms with E-state index in [1.165, 1.54) is 11.0 Å². The van der Waals surface area contributed by atoms with Gasteiger partial charge in [-0.2, -0.15) is 0 Å². The number of nitrogens with two attached hydrogens (primary N) is 1. The zero-order valence-corrected chi connectivity index (χ0v) is 18.1. The Labute approximate surface area is 171 Å². The van der Waals surface area contributed by atoms with Crippen molar-refractivity contribution in [1.82, 2.24) is 9.80 Å². The van der Waals surface area contributed by atoms with E-state index in [2.05, 4.69) is 16.8 Å². The van der Waals surface area contributed by atoms with Crippen molar-refractivity contribution in [2.24, 2.45) is 5.14 Å². The highest BCUT2D eigenvalue weighted by Crippen LogP contribution is 2.31. The maximum atomic E-state index is 11.8. The van der Waals surface area contributed by atoms with Gasteiger partial charge in [0.25, 0.3) is 0 Å². The Morgan fingerprint density at radius 2 is 1.82 bits per heavy atom. The van der Waals surface area contributed by atoms with E-state index in [4.69, 9.17) is 9.88 Å². The lowest BCUT2D eigenvalue weighted by atomic mass is 10.1. The Hall–Kier alpha value is -1.58. The highest BCUT2D eigenvalue weighted by Gasteiger charge is 2.18. The molecule has 8 heteroatoms. The lowest BCUT2D eigenvalue weighted by molar-refractivity contribution is 0.147. The molecule has 1 aliphatic heterocycles. The molecule has 2 aromatic rings. The average Bonchev–Trinajstić information content (AvgIpc) is 2.64. The van der Waals surface area contributed by atoms with E-state index in [9.17, 15) is 8.42 Å². The lowest BCUT2D eigenvalue weighted by Gasteiger charge is -2.32. The quantitative estimate of drug-likeness (QED) is 0.723. The van der Waals surface area contributed by atoms with Gasteiger partial charge in [0, 0.05) is 43.2 Å². The fourth-order valence-corrected chi connectivity index (χ4v) is 4.39. The number of aryl methyl sites for hydroxylation is 1. The summed E-state index contributed by atoms with van der Waals surface area (Å²) >= 11 is 1.69. The van der Waals surface area contributed by atoms with Gasteiger partial charge in [-0.3, -0.25) is 4.90 Å². The van der Waals surface area contributed by atoms with Gasteiger partial charge in [0.05, 0.1) is 4.90 Å². The Kier molecular flexibility index (Phi) is 6.67. The molecule has 0 atom stereocenters. The molecule has 6 nitrogen and oxygen atoms in total. The van der Waals surface area contributed by atoms with Gasteiger partial charge >= 0.3 is 0 Å². The average molecular weight is 422 g/mol. The van der Waals surface area contributed by atoms with Crippen molar-refractivity contribution in [1.29, 1.82) is 0 Å². The van der Waals surface area contributed by atoms with E-state index in [0.717, 1.165) is 43.1 Å². The molecule has 0 unspecified atom stereocenters. The van der Waals surface area contributed by atoms with Crippen LogP contribution < -0.4 is 9.88 Å². The maximum absolute atomic E-state index is 11.8. The molecule has 2 N–H and O–H groups in total. The fourth-order valence-electron chi connectivity index (χ4n) is 3.24. The molecule has 2 aromatic carbocycles. The number of primary sulfonamides is 1. The van der Waals surface area contributed by atoms with Crippen LogP contribution in [0.3, 0.4) is 0 Å². The molecule has 1 fully saturated rings. The van der Waals surface area contributed by atoms with Crippen molar-refractivity contribution in [3.63, 3.8) is 0 Å². The highest BCUT2D eigenvalue weighted by molar-refractivity contribution is 7.98. The molecule has 0 spiro atoms. The van der Waals surface area contributed by atoms with E-state index in [1.807, 2.05) is 31.4 Å². The van der Waals surface area contributed by atoms with Crippen molar-refractivity contribution in [3.05, 3.63) is 47.5 Å². The third-order valence-corrected chi connectivity index (χ3v) is 6.75. The number of sulfonamides is 1. The van der Waals surface area contributed by atoms with Crippen LogP contribution in [0.25, 0.3) is 0 Å². The molecule has 0 bridgehead atoms. The number of nitrogens with zero attached hydrogens (tertiary/aromatic N) is 2. The first-order valence-electron chi connectivity index (χ1n) is 9.15. The second-order valence-corrected chi connectivity index (χ2v) is 9.54. The van der Waals surface area contributed by atoms with E-state index in [1.54, 1.807) is 23.9 Å². The number of rotatable bonds is 6. The standard InChI is InChI=1S/C20H27N3O3S2/c1-15-12-17(4-7-20(15)27-3)26-19-6-5-18(28(21,24)25)13-16(19)14-23-10-8-22(2)9-11-23/h4-7,12-13H,8-11,14H2,1-3H3,(H2,21,24,25). The third-order valence-electron chi connectivity index (χ3n) is 4.94. The lowest BCUT2D eigenvalue weighted by Crippen LogP contribution is -2.43. The third kappa shape index (κ3) is 5.27. The van der Waals surface area contributed by atoms with Crippen LogP contribution in [-0.4, -0.2) is 57.7 Å². The number of hydrogen-bond donors (Lipinski definition) is 1. The molecule has 1 saturated heterocycles. The summed E-state index contributed by atoms with van der Waals surface area (Å²) in [4.78, 5) is 5.90. The number of thioether (sulfide) groups is 1. The second kappa shape index (κ2) is 8.84. The number of likely N-dealkylation sites (N-methyl/N-ethyl adjacent to an activating group) is 1. The zero-order chi connectivity index (χ0) is 20.3. The molecule has 3 rings (SSSR count). The van der Waals surface area contributed by atoms with Crippen molar-refractivity contribution >= 4 is 21.8 Å². The smallest absolute Gasteiger partial charge is 0.238 e. The molecule has 28 heavy (non-hydrogen) atoms. The summed E-state index contributed by atoms with van der Waals surface area (Å²) in [6, 6.07) is 10.8. The minimum absolute atomic E-state index is 0.109. The molecular weight excluding hydrogens is 394 g/mol. The molecule has 0 amide bonds. The van der Waals surface area contributed by atoms with Crippen LogP contribution >= 0.6 is 11.8 Å². The Bertz CT molecular complexity index is 940. The molecular formula is C20H27N3O3S2. The van der Waals surface area contributed by atoms with Crippen molar-refractivity contribution in [2.75, 3.05) is 39.5 Å². The number of piperazine rings is 1. The molecule has 0 radical (unpaired) electrons. The SMILES string of the molecule is CSc1ccc(Oc2ccc(S(N)(=O)=O)cc2CN2CCN(C)CC2)cc1C. The van der Waals surface area contributed by atoms with Crippen LogP contribution in [0.2, 0.25) is 0 Å². The normalized spacial score (nSPS) is 16.3. The van der Waals surface area contributed by atoms with E-state index >= 15 is 0 Å². The van der Waals surface area contributed by atoms with Gasteiger partial charge in [-0.05, 0) is 62.2 Å². The number of benzene rings is 2. The predicted molar refractivity (Wildman–Crippen MR) is 114 cm³/mol. The van der Waals surface area contributed by atoms with Crippen molar-refractivity contribution < 1.29 is 13.2 Å². The molecule has 1 aliphatic rings. The number of hydrogen-bond acceptors (Lipinski definition) is 6. The van der Waals surface area contributed by atoms with Crippen molar-refractivity contribution in [3.8, 4) is 11.5 Å². The Morgan fingerprint density at radius 1 is 1.11 bits per heavy atom. The minimum Gasteiger partial charge on any atom is -0.457 e.